The molecule has 3 aromatic heterocycles. The Labute approximate surface area is 142 Å². The second-order valence-electron chi connectivity index (χ2n) is 6.14. The Morgan fingerprint density at radius 1 is 1.39 bits per heavy atom. The zero-order chi connectivity index (χ0) is 16.1. The molecule has 3 aromatic rings. The molecular formula is C16H18N4OS2. The molecule has 0 saturated heterocycles. The topological polar surface area (TPSA) is 59.8 Å². The highest BCUT2D eigenvalue weighted by Gasteiger charge is 2.35. The van der Waals surface area contributed by atoms with E-state index in [-0.39, 0.29) is 11.9 Å². The van der Waals surface area contributed by atoms with E-state index in [4.69, 9.17) is 0 Å². The van der Waals surface area contributed by atoms with E-state index < -0.39 is 0 Å². The van der Waals surface area contributed by atoms with Crippen LogP contribution in [0.2, 0.25) is 0 Å². The highest BCUT2D eigenvalue weighted by molar-refractivity contribution is 7.20. The summed E-state index contributed by atoms with van der Waals surface area (Å²) in [4.78, 5) is 20.2. The lowest BCUT2D eigenvalue weighted by Crippen LogP contribution is -2.29. The van der Waals surface area contributed by atoms with Crippen LogP contribution in [0.3, 0.4) is 0 Å². The fraction of sp³-hybridized carbons (Fsp3) is 0.438. The van der Waals surface area contributed by atoms with Crippen molar-refractivity contribution in [2.24, 2.45) is 13.0 Å². The lowest BCUT2D eigenvalue weighted by atomic mass is 10.2. The average Bonchev–Trinajstić information content (AvgIpc) is 2.99. The molecule has 4 rings (SSSR count). The van der Waals surface area contributed by atoms with Crippen molar-refractivity contribution in [1.29, 1.82) is 0 Å². The molecule has 1 amide bonds. The summed E-state index contributed by atoms with van der Waals surface area (Å²) in [6.45, 7) is 4.02. The van der Waals surface area contributed by atoms with E-state index in [2.05, 4.69) is 22.3 Å². The molecule has 1 unspecified atom stereocenters. The minimum Gasteiger partial charge on any atom is -0.342 e. The number of amides is 1. The van der Waals surface area contributed by atoms with Gasteiger partial charge < -0.3 is 5.32 Å². The predicted molar refractivity (Wildman–Crippen MR) is 93.1 cm³/mol. The number of hydrogen-bond acceptors (Lipinski definition) is 5. The quantitative estimate of drug-likeness (QED) is 0.785. The second-order valence-corrected chi connectivity index (χ2v) is 8.43. The summed E-state index contributed by atoms with van der Waals surface area (Å²) in [7, 11) is 1.92. The molecule has 1 atom stereocenters. The number of aromatic nitrogens is 3. The Morgan fingerprint density at radius 3 is 2.78 bits per heavy atom. The van der Waals surface area contributed by atoms with Gasteiger partial charge in [-0.15, -0.1) is 22.7 Å². The van der Waals surface area contributed by atoms with Gasteiger partial charge in [-0.25, -0.2) is 4.98 Å². The van der Waals surface area contributed by atoms with Gasteiger partial charge in [0.05, 0.1) is 16.6 Å². The van der Waals surface area contributed by atoms with E-state index in [1.807, 2.05) is 30.9 Å². The molecule has 1 fully saturated rings. The van der Waals surface area contributed by atoms with Gasteiger partial charge in [-0.3, -0.25) is 9.48 Å². The molecule has 0 radical (unpaired) electrons. The van der Waals surface area contributed by atoms with Crippen molar-refractivity contribution in [2.45, 2.75) is 32.7 Å². The van der Waals surface area contributed by atoms with Gasteiger partial charge in [0.25, 0.3) is 5.91 Å². The van der Waals surface area contributed by atoms with Crippen molar-refractivity contribution in [3.05, 3.63) is 32.7 Å². The molecule has 0 aliphatic heterocycles. The van der Waals surface area contributed by atoms with Crippen LogP contribution in [0.5, 0.6) is 0 Å². The van der Waals surface area contributed by atoms with Crippen molar-refractivity contribution in [3.8, 4) is 0 Å². The van der Waals surface area contributed by atoms with E-state index in [0.29, 0.717) is 5.92 Å². The van der Waals surface area contributed by atoms with Gasteiger partial charge >= 0.3 is 0 Å². The normalized spacial score (nSPS) is 16.0. The van der Waals surface area contributed by atoms with Crippen LogP contribution >= 0.6 is 22.7 Å². The summed E-state index contributed by atoms with van der Waals surface area (Å²) in [6, 6.07) is 2.00. The van der Waals surface area contributed by atoms with Crippen LogP contribution in [0.25, 0.3) is 10.2 Å². The molecule has 23 heavy (non-hydrogen) atoms. The highest BCUT2D eigenvalue weighted by atomic mass is 32.1. The lowest BCUT2D eigenvalue weighted by Gasteiger charge is -2.15. The SMILES string of the molecule is Cc1cnc(C(NC(=O)c2cc3c(C)nn(C)c3s2)C2CC2)s1. The van der Waals surface area contributed by atoms with E-state index in [9.17, 15) is 4.79 Å². The number of fused-ring (bicyclic) bond motifs is 1. The van der Waals surface area contributed by atoms with Gasteiger partial charge in [0.15, 0.2) is 0 Å². The summed E-state index contributed by atoms with van der Waals surface area (Å²) in [5.74, 6) is 0.526. The standard InChI is InChI=1S/C16H18N4OS2/c1-8-7-17-15(22-8)13(10-4-5-10)18-14(21)12-6-11-9(2)19-20(3)16(11)23-12/h6-7,10,13H,4-5H2,1-3H3,(H,18,21). The molecule has 0 bridgehead atoms. The first kappa shape index (κ1) is 14.8. The summed E-state index contributed by atoms with van der Waals surface area (Å²) >= 11 is 3.18. The van der Waals surface area contributed by atoms with Crippen LogP contribution in [0.15, 0.2) is 12.3 Å². The smallest absolute Gasteiger partial charge is 0.262 e. The summed E-state index contributed by atoms with van der Waals surface area (Å²) in [6.07, 6.45) is 4.22. The van der Waals surface area contributed by atoms with Gasteiger partial charge in [0.1, 0.15) is 9.84 Å². The third-order valence-electron chi connectivity index (χ3n) is 4.21. The van der Waals surface area contributed by atoms with Gasteiger partial charge in [-0.05, 0) is 38.7 Å². The minimum atomic E-state index is -0.00430. The first-order valence-electron chi connectivity index (χ1n) is 7.69. The zero-order valence-electron chi connectivity index (χ0n) is 13.3. The fourth-order valence-electron chi connectivity index (χ4n) is 2.86. The minimum absolute atomic E-state index is 0.00430. The van der Waals surface area contributed by atoms with E-state index in [1.165, 1.54) is 29.1 Å². The van der Waals surface area contributed by atoms with Crippen LogP contribution < -0.4 is 5.32 Å². The first-order valence-corrected chi connectivity index (χ1v) is 9.32. The number of rotatable bonds is 4. The largest absolute Gasteiger partial charge is 0.342 e. The van der Waals surface area contributed by atoms with E-state index in [0.717, 1.165) is 25.8 Å². The zero-order valence-corrected chi connectivity index (χ0v) is 14.9. The number of nitrogens with zero attached hydrogens (tertiary/aromatic N) is 3. The number of carbonyl (C=O) groups is 1. The highest BCUT2D eigenvalue weighted by Crippen LogP contribution is 2.42. The van der Waals surface area contributed by atoms with Gasteiger partial charge in [-0.1, -0.05) is 0 Å². The fourth-order valence-corrected chi connectivity index (χ4v) is 4.80. The molecule has 1 saturated carbocycles. The monoisotopic (exact) mass is 346 g/mol. The predicted octanol–water partition coefficient (Wildman–Crippen LogP) is 3.59. The number of thiophene rings is 1. The third-order valence-corrected chi connectivity index (χ3v) is 6.40. The molecule has 5 nitrogen and oxygen atoms in total. The second kappa shape index (κ2) is 5.42. The van der Waals surface area contributed by atoms with Gasteiger partial charge in [-0.2, -0.15) is 5.10 Å². The van der Waals surface area contributed by atoms with E-state index >= 15 is 0 Å². The van der Waals surface area contributed by atoms with Gasteiger partial charge in [0, 0.05) is 23.5 Å². The van der Waals surface area contributed by atoms with Crippen LogP contribution in [-0.4, -0.2) is 20.7 Å². The van der Waals surface area contributed by atoms with Crippen molar-refractivity contribution in [1.82, 2.24) is 20.1 Å². The molecule has 0 spiro atoms. The Morgan fingerprint density at radius 2 is 2.17 bits per heavy atom. The third kappa shape index (κ3) is 2.68. The molecule has 1 aliphatic carbocycles. The van der Waals surface area contributed by atoms with Crippen LogP contribution in [0.4, 0.5) is 0 Å². The van der Waals surface area contributed by atoms with Crippen LogP contribution in [0, 0.1) is 19.8 Å². The number of thiazole rings is 1. The maximum absolute atomic E-state index is 12.7. The molecule has 3 heterocycles. The van der Waals surface area contributed by atoms with E-state index in [1.54, 1.807) is 11.3 Å². The van der Waals surface area contributed by atoms with Crippen molar-refractivity contribution in [3.63, 3.8) is 0 Å². The average molecular weight is 346 g/mol. The van der Waals surface area contributed by atoms with Crippen LogP contribution in [-0.2, 0) is 7.05 Å². The number of hydrogen-bond donors (Lipinski definition) is 1. The lowest BCUT2D eigenvalue weighted by molar-refractivity contribution is 0.0936. The molecule has 1 N–H and O–H groups in total. The molecule has 1 aliphatic rings. The number of nitrogens with one attached hydrogen (secondary N) is 1. The Kier molecular flexibility index (Phi) is 3.50. The molecule has 7 heteroatoms. The first-order chi connectivity index (χ1) is 11.0. The Balaban J connectivity index is 1.60. The number of carbonyl (C=O) groups excluding carboxylic acids is 1. The van der Waals surface area contributed by atoms with Crippen molar-refractivity contribution in [2.75, 3.05) is 0 Å². The summed E-state index contributed by atoms with van der Waals surface area (Å²) in [5.41, 5.74) is 0.965. The number of aryl methyl sites for hydroxylation is 3. The molecular weight excluding hydrogens is 328 g/mol. The Hall–Kier alpha value is -1.73. The summed E-state index contributed by atoms with van der Waals surface area (Å²) in [5, 5.41) is 9.68. The maximum Gasteiger partial charge on any atom is 0.262 e. The van der Waals surface area contributed by atoms with Gasteiger partial charge in [0.2, 0.25) is 0 Å². The maximum atomic E-state index is 12.7. The van der Waals surface area contributed by atoms with Crippen molar-refractivity contribution < 1.29 is 4.79 Å². The molecule has 0 aromatic carbocycles. The summed E-state index contributed by atoms with van der Waals surface area (Å²) < 4.78 is 1.84. The molecule has 120 valence electrons. The van der Waals surface area contributed by atoms with Crippen LogP contribution in [0.1, 0.15) is 44.1 Å². The van der Waals surface area contributed by atoms with Crippen molar-refractivity contribution >= 4 is 38.8 Å². The Bertz CT molecular complexity index is 853.